The highest BCUT2D eigenvalue weighted by Crippen LogP contribution is 2.29. The van der Waals surface area contributed by atoms with Gasteiger partial charge in [0.05, 0.1) is 11.0 Å². The van der Waals surface area contributed by atoms with Gasteiger partial charge in [0.15, 0.2) is 0 Å². The molecule has 0 atom stereocenters. The van der Waals surface area contributed by atoms with Crippen LogP contribution in [0.3, 0.4) is 0 Å². The van der Waals surface area contributed by atoms with Crippen molar-refractivity contribution in [3.63, 3.8) is 0 Å². The molecule has 4 rings (SSSR count). The molecule has 0 fully saturated rings. The Morgan fingerprint density at radius 3 is 2.31 bits per heavy atom. The van der Waals surface area contributed by atoms with E-state index in [4.69, 9.17) is 10.1 Å². The Labute approximate surface area is 170 Å². The number of carboxylic acids is 1. The summed E-state index contributed by atoms with van der Waals surface area (Å²) >= 11 is 0. The molecule has 4 heteroatoms. The minimum absolute atomic E-state index is 0.250. The van der Waals surface area contributed by atoms with Crippen LogP contribution in [0.1, 0.15) is 31.2 Å². The van der Waals surface area contributed by atoms with E-state index in [1.165, 1.54) is 5.56 Å². The number of nitrogens with zero attached hydrogens (tertiary/aromatic N) is 2. The van der Waals surface area contributed by atoms with Crippen molar-refractivity contribution in [2.45, 2.75) is 32.1 Å². The fourth-order valence-corrected chi connectivity index (χ4v) is 3.68. The zero-order chi connectivity index (χ0) is 20.1. The minimum Gasteiger partial charge on any atom is -0.481 e. The van der Waals surface area contributed by atoms with Crippen molar-refractivity contribution in [3.8, 4) is 17.1 Å². The number of aryl methyl sites for hydroxylation is 1. The molecule has 1 N–H and O–H groups in total. The number of aromatic nitrogens is 2. The highest BCUT2D eigenvalue weighted by molar-refractivity contribution is 5.83. The van der Waals surface area contributed by atoms with E-state index in [0.29, 0.717) is 0 Å². The summed E-state index contributed by atoms with van der Waals surface area (Å²) in [6, 6.07) is 27.0. The number of para-hydroxylation sites is 1. The fraction of sp³-hybridized carbons (Fsp3) is 0.200. The molecule has 1 heterocycles. The van der Waals surface area contributed by atoms with Crippen LogP contribution in [0.5, 0.6) is 0 Å². The third-order valence-corrected chi connectivity index (χ3v) is 5.12. The predicted molar refractivity (Wildman–Crippen MR) is 116 cm³/mol. The van der Waals surface area contributed by atoms with Crippen LogP contribution in [-0.2, 0) is 11.2 Å². The molecule has 0 amide bonds. The standard InChI is InChI=1S/C25H24N2O2/c28-24(29)15-9-1-4-10-19-16-17-22-23(18-19)27(21-13-7-3-8-14-21)25(26-22)20-11-5-2-6-12-20/h2-3,5-8,11-14,16-18H,1,4,9-10,15H2,(H,28,29). The summed E-state index contributed by atoms with van der Waals surface area (Å²) in [5, 5.41) is 8.77. The molecule has 0 spiro atoms. The van der Waals surface area contributed by atoms with E-state index in [9.17, 15) is 4.79 Å². The van der Waals surface area contributed by atoms with E-state index >= 15 is 0 Å². The zero-order valence-electron chi connectivity index (χ0n) is 16.3. The van der Waals surface area contributed by atoms with E-state index < -0.39 is 5.97 Å². The third kappa shape index (κ3) is 4.37. The second-order valence-corrected chi connectivity index (χ2v) is 7.25. The highest BCUT2D eigenvalue weighted by Gasteiger charge is 2.14. The first-order valence-corrected chi connectivity index (χ1v) is 10.1. The number of carbonyl (C=O) groups is 1. The van der Waals surface area contributed by atoms with Gasteiger partial charge in [-0.25, -0.2) is 4.98 Å². The maximum Gasteiger partial charge on any atom is 0.303 e. The second kappa shape index (κ2) is 8.74. The number of rotatable bonds is 8. The summed E-state index contributed by atoms with van der Waals surface area (Å²) in [5.41, 5.74) is 5.50. The van der Waals surface area contributed by atoms with E-state index in [2.05, 4.69) is 47.0 Å². The Hall–Kier alpha value is -3.40. The number of hydrogen-bond donors (Lipinski definition) is 1. The monoisotopic (exact) mass is 384 g/mol. The molecule has 146 valence electrons. The largest absolute Gasteiger partial charge is 0.481 e. The molecule has 0 aliphatic heterocycles. The van der Waals surface area contributed by atoms with Crippen molar-refractivity contribution >= 4 is 17.0 Å². The molecule has 0 aliphatic carbocycles. The van der Waals surface area contributed by atoms with Crippen molar-refractivity contribution in [2.24, 2.45) is 0 Å². The first kappa shape index (κ1) is 18.9. The van der Waals surface area contributed by atoms with E-state index in [1.807, 2.05) is 36.4 Å². The van der Waals surface area contributed by atoms with E-state index in [0.717, 1.165) is 53.8 Å². The average molecular weight is 384 g/mol. The Bertz CT molecular complexity index is 1100. The van der Waals surface area contributed by atoms with Gasteiger partial charge in [-0.05, 0) is 49.1 Å². The molecule has 29 heavy (non-hydrogen) atoms. The minimum atomic E-state index is -0.716. The molecule has 1 aromatic heterocycles. The van der Waals surface area contributed by atoms with Gasteiger partial charge >= 0.3 is 5.97 Å². The topological polar surface area (TPSA) is 55.1 Å². The van der Waals surface area contributed by atoms with Crippen LogP contribution in [0.25, 0.3) is 28.1 Å². The van der Waals surface area contributed by atoms with Crippen molar-refractivity contribution < 1.29 is 9.90 Å². The molecule has 0 radical (unpaired) electrons. The summed E-state index contributed by atoms with van der Waals surface area (Å²) in [7, 11) is 0. The predicted octanol–water partition coefficient (Wildman–Crippen LogP) is 5.88. The number of benzene rings is 3. The summed E-state index contributed by atoms with van der Waals surface area (Å²) in [4.78, 5) is 15.6. The molecule has 0 aliphatic rings. The molecule has 0 saturated heterocycles. The molecule has 4 aromatic rings. The summed E-state index contributed by atoms with van der Waals surface area (Å²) in [5.74, 6) is 0.219. The summed E-state index contributed by atoms with van der Waals surface area (Å²) in [6.45, 7) is 0. The van der Waals surface area contributed by atoms with Gasteiger partial charge in [0.1, 0.15) is 5.82 Å². The van der Waals surface area contributed by atoms with Crippen LogP contribution in [0.15, 0.2) is 78.9 Å². The van der Waals surface area contributed by atoms with Gasteiger partial charge in [0, 0.05) is 17.7 Å². The average Bonchev–Trinajstić information content (AvgIpc) is 3.13. The third-order valence-electron chi connectivity index (χ3n) is 5.12. The molecule has 0 bridgehead atoms. The number of fused-ring (bicyclic) bond motifs is 1. The fourth-order valence-electron chi connectivity index (χ4n) is 3.68. The summed E-state index contributed by atoms with van der Waals surface area (Å²) < 4.78 is 2.22. The number of carboxylic acid groups (broad SMARTS) is 1. The summed E-state index contributed by atoms with van der Waals surface area (Å²) in [6.07, 6.45) is 3.84. The van der Waals surface area contributed by atoms with Crippen LogP contribution < -0.4 is 0 Å². The van der Waals surface area contributed by atoms with Gasteiger partial charge in [-0.15, -0.1) is 0 Å². The van der Waals surface area contributed by atoms with Crippen LogP contribution in [0.2, 0.25) is 0 Å². The second-order valence-electron chi connectivity index (χ2n) is 7.25. The van der Waals surface area contributed by atoms with Gasteiger partial charge in [-0.1, -0.05) is 61.0 Å². The van der Waals surface area contributed by atoms with Crippen LogP contribution in [0.4, 0.5) is 0 Å². The lowest BCUT2D eigenvalue weighted by Gasteiger charge is -2.10. The van der Waals surface area contributed by atoms with Crippen LogP contribution in [-0.4, -0.2) is 20.6 Å². The van der Waals surface area contributed by atoms with Gasteiger partial charge in [0.2, 0.25) is 0 Å². The first-order chi connectivity index (χ1) is 14.2. The van der Waals surface area contributed by atoms with Gasteiger partial charge in [-0.2, -0.15) is 0 Å². The zero-order valence-corrected chi connectivity index (χ0v) is 16.3. The Balaban J connectivity index is 1.69. The molecule has 0 saturated carbocycles. The SMILES string of the molecule is O=C(O)CCCCCc1ccc2nc(-c3ccccc3)n(-c3ccccc3)c2c1. The van der Waals surface area contributed by atoms with Gasteiger partial charge < -0.3 is 5.11 Å². The molecular weight excluding hydrogens is 360 g/mol. The molecule has 3 aromatic carbocycles. The van der Waals surface area contributed by atoms with Crippen molar-refractivity contribution in [2.75, 3.05) is 0 Å². The maximum atomic E-state index is 10.7. The normalized spacial score (nSPS) is 11.0. The number of aliphatic carboxylic acids is 1. The Kier molecular flexibility index (Phi) is 5.71. The smallest absolute Gasteiger partial charge is 0.303 e. The lowest BCUT2D eigenvalue weighted by molar-refractivity contribution is -0.137. The quantitative estimate of drug-likeness (QED) is 0.386. The first-order valence-electron chi connectivity index (χ1n) is 10.1. The lowest BCUT2D eigenvalue weighted by Crippen LogP contribution is -1.98. The van der Waals surface area contributed by atoms with Gasteiger partial charge in [0.25, 0.3) is 0 Å². The van der Waals surface area contributed by atoms with E-state index in [-0.39, 0.29) is 6.42 Å². The maximum absolute atomic E-state index is 10.7. The van der Waals surface area contributed by atoms with Crippen LogP contribution in [0, 0.1) is 0 Å². The lowest BCUT2D eigenvalue weighted by atomic mass is 10.1. The molecular formula is C25H24N2O2. The number of unbranched alkanes of at least 4 members (excludes halogenated alkanes) is 2. The Morgan fingerprint density at radius 1 is 0.862 bits per heavy atom. The highest BCUT2D eigenvalue weighted by atomic mass is 16.4. The molecule has 0 unspecified atom stereocenters. The van der Waals surface area contributed by atoms with Crippen molar-refractivity contribution in [3.05, 3.63) is 84.4 Å². The Morgan fingerprint density at radius 2 is 1.59 bits per heavy atom. The number of hydrogen-bond acceptors (Lipinski definition) is 2. The van der Waals surface area contributed by atoms with Gasteiger partial charge in [-0.3, -0.25) is 9.36 Å². The van der Waals surface area contributed by atoms with E-state index in [1.54, 1.807) is 0 Å². The van der Waals surface area contributed by atoms with Crippen LogP contribution >= 0.6 is 0 Å². The molecule has 4 nitrogen and oxygen atoms in total. The van der Waals surface area contributed by atoms with Crippen molar-refractivity contribution in [1.82, 2.24) is 9.55 Å². The number of imidazole rings is 1. The van der Waals surface area contributed by atoms with Crippen molar-refractivity contribution in [1.29, 1.82) is 0 Å².